The molecule has 1 heterocycles. The smallest absolute Gasteiger partial charge is 0.258 e. The molecule has 0 spiro atoms. The van der Waals surface area contributed by atoms with Crippen LogP contribution in [0.4, 0.5) is 5.69 Å². The quantitative estimate of drug-likeness (QED) is 0.608. The average molecular weight is 242 g/mol. The molecule has 1 aromatic heterocycles. The van der Waals surface area contributed by atoms with Gasteiger partial charge in [-0.05, 0) is 5.56 Å². The molecule has 6 heteroatoms. The average Bonchev–Trinajstić information content (AvgIpc) is 2.86. The van der Waals surface area contributed by atoms with E-state index in [0.717, 1.165) is 5.56 Å². The van der Waals surface area contributed by atoms with E-state index < -0.39 is 4.92 Å². The Bertz CT molecular complexity index is 586. The normalized spacial score (nSPS) is 11.7. The van der Waals surface area contributed by atoms with E-state index in [0.29, 0.717) is 0 Å². The number of aromatic nitrogens is 2. The number of hydrogen-bond donors (Lipinski definition) is 0. The minimum atomic E-state index is -0.502. The summed E-state index contributed by atoms with van der Waals surface area (Å²) in [6, 6.07) is 11.1. The van der Waals surface area contributed by atoms with E-state index >= 15 is 0 Å². The summed E-state index contributed by atoms with van der Waals surface area (Å²) < 4.78 is 1.46. The maximum Gasteiger partial charge on any atom is 0.307 e. The monoisotopic (exact) mass is 242 g/mol. The predicted octanol–water partition coefficient (Wildman–Crippen LogP) is 2.29. The Morgan fingerprint density at radius 1 is 1.44 bits per heavy atom. The van der Waals surface area contributed by atoms with Crippen LogP contribution in [0, 0.1) is 21.4 Å². The molecule has 6 nitrogen and oxygen atoms in total. The number of rotatable bonds is 4. The van der Waals surface area contributed by atoms with Crippen molar-refractivity contribution < 1.29 is 4.92 Å². The predicted molar refractivity (Wildman–Crippen MR) is 63.7 cm³/mol. The standard InChI is InChI=1S/C12H10N4O2/c13-7-6-12(10-4-2-1-3-5-10)15-9-11(8-14-15)16(17)18/h1-5,8-9,12H,6H2. The molecule has 2 rings (SSSR count). The molecule has 0 aliphatic heterocycles. The molecule has 1 aromatic carbocycles. The van der Waals surface area contributed by atoms with Gasteiger partial charge in [0, 0.05) is 0 Å². The summed E-state index contributed by atoms with van der Waals surface area (Å²) in [5, 5.41) is 23.4. The summed E-state index contributed by atoms with van der Waals surface area (Å²) in [6.45, 7) is 0. The van der Waals surface area contributed by atoms with Crippen molar-refractivity contribution in [1.82, 2.24) is 9.78 Å². The molecule has 0 aliphatic carbocycles. The van der Waals surface area contributed by atoms with Crippen LogP contribution in [-0.2, 0) is 0 Å². The first-order valence-electron chi connectivity index (χ1n) is 5.33. The van der Waals surface area contributed by atoms with Crippen LogP contribution in [0.25, 0.3) is 0 Å². The molecule has 2 aromatic rings. The van der Waals surface area contributed by atoms with Crippen LogP contribution in [0.3, 0.4) is 0 Å². The van der Waals surface area contributed by atoms with Gasteiger partial charge in [0.25, 0.3) is 0 Å². The molecule has 0 saturated carbocycles. The van der Waals surface area contributed by atoms with Gasteiger partial charge in [-0.3, -0.25) is 14.8 Å². The SMILES string of the molecule is N#CCC(c1ccccc1)n1cc([N+](=O)[O-])cn1. The van der Waals surface area contributed by atoms with Gasteiger partial charge in [0.15, 0.2) is 0 Å². The summed E-state index contributed by atoms with van der Waals surface area (Å²) in [4.78, 5) is 10.1. The van der Waals surface area contributed by atoms with Crippen LogP contribution in [0.5, 0.6) is 0 Å². The Morgan fingerprint density at radius 2 is 2.17 bits per heavy atom. The topological polar surface area (TPSA) is 84.8 Å². The first kappa shape index (κ1) is 11.8. The van der Waals surface area contributed by atoms with E-state index in [1.54, 1.807) is 0 Å². The first-order chi connectivity index (χ1) is 8.72. The maximum absolute atomic E-state index is 10.6. The van der Waals surface area contributed by atoms with Crippen LogP contribution in [-0.4, -0.2) is 14.7 Å². The molecule has 18 heavy (non-hydrogen) atoms. The highest BCUT2D eigenvalue weighted by molar-refractivity contribution is 5.25. The Morgan fingerprint density at radius 3 is 2.72 bits per heavy atom. The van der Waals surface area contributed by atoms with Crippen molar-refractivity contribution in [2.45, 2.75) is 12.5 Å². The van der Waals surface area contributed by atoms with Gasteiger partial charge in [0.2, 0.25) is 0 Å². The lowest BCUT2D eigenvalue weighted by molar-refractivity contribution is -0.385. The minimum Gasteiger partial charge on any atom is -0.258 e. The molecule has 0 aliphatic rings. The van der Waals surface area contributed by atoms with Crippen molar-refractivity contribution in [3.05, 3.63) is 58.4 Å². The molecular weight excluding hydrogens is 232 g/mol. The molecule has 0 bridgehead atoms. The van der Waals surface area contributed by atoms with Gasteiger partial charge in [0.05, 0.1) is 23.5 Å². The van der Waals surface area contributed by atoms with Crippen LogP contribution in [0.1, 0.15) is 18.0 Å². The number of nitriles is 1. The second kappa shape index (κ2) is 5.10. The van der Waals surface area contributed by atoms with E-state index in [9.17, 15) is 10.1 Å². The van der Waals surface area contributed by atoms with Crippen LogP contribution in [0.15, 0.2) is 42.7 Å². The van der Waals surface area contributed by atoms with Gasteiger partial charge in [-0.25, -0.2) is 0 Å². The summed E-state index contributed by atoms with van der Waals surface area (Å²) in [7, 11) is 0. The van der Waals surface area contributed by atoms with Crippen LogP contribution in [0.2, 0.25) is 0 Å². The van der Waals surface area contributed by atoms with Crippen molar-refractivity contribution in [2.75, 3.05) is 0 Å². The lowest BCUT2D eigenvalue weighted by Gasteiger charge is -2.13. The maximum atomic E-state index is 10.6. The highest BCUT2D eigenvalue weighted by atomic mass is 16.6. The van der Waals surface area contributed by atoms with Crippen molar-refractivity contribution in [3.8, 4) is 6.07 Å². The van der Waals surface area contributed by atoms with Gasteiger partial charge in [-0.15, -0.1) is 0 Å². The number of nitro groups is 1. The third kappa shape index (κ3) is 2.35. The van der Waals surface area contributed by atoms with Gasteiger partial charge in [-0.1, -0.05) is 30.3 Å². The fraction of sp³-hybridized carbons (Fsp3) is 0.167. The van der Waals surface area contributed by atoms with E-state index in [1.807, 2.05) is 30.3 Å². The summed E-state index contributed by atoms with van der Waals surface area (Å²) in [6.07, 6.45) is 2.74. The van der Waals surface area contributed by atoms with E-state index in [-0.39, 0.29) is 18.2 Å². The molecular formula is C12H10N4O2. The van der Waals surface area contributed by atoms with Gasteiger partial charge < -0.3 is 0 Å². The molecule has 0 N–H and O–H groups in total. The molecule has 90 valence electrons. The largest absolute Gasteiger partial charge is 0.307 e. The zero-order valence-corrected chi connectivity index (χ0v) is 9.43. The first-order valence-corrected chi connectivity index (χ1v) is 5.33. The Balaban J connectivity index is 2.36. The third-order valence-corrected chi connectivity index (χ3v) is 2.59. The Kier molecular flexibility index (Phi) is 3.34. The van der Waals surface area contributed by atoms with E-state index in [4.69, 9.17) is 5.26 Å². The number of benzene rings is 1. The molecule has 0 fully saturated rings. The van der Waals surface area contributed by atoms with Gasteiger partial charge in [0.1, 0.15) is 12.4 Å². The van der Waals surface area contributed by atoms with E-state index in [1.165, 1.54) is 17.1 Å². The second-order valence-corrected chi connectivity index (χ2v) is 3.72. The van der Waals surface area contributed by atoms with Gasteiger partial charge in [-0.2, -0.15) is 10.4 Å². The van der Waals surface area contributed by atoms with Crippen molar-refractivity contribution >= 4 is 5.69 Å². The minimum absolute atomic E-state index is 0.0751. The summed E-state index contributed by atoms with van der Waals surface area (Å²) in [5.74, 6) is 0. The van der Waals surface area contributed by atoms with Crippen LogP contribution >= 0.6 is 0 Å². The number of hydrogen-bond acceptors (Lipinski definition) is 4. The van der Waals surface area contributed by atoms with Crippen molar-refractivity contribution in [1.29, 1.82) is 5.26 Å². The fourth-order valence-electron chi connectivity index (χ4n) is 1.72. The molecule has 1 atom stereocenters. The van der Waals surface area contributed by atoms with Crippen molar-refractivity contribution in [2.24, 2.45) is 0 Å². The zero-order chi connectivity index (χ0) is 13.0. The fourth-order valence-corrected chi connectivity index (χ4v) is 1.72. The lowest BCUT2D eigenvalue weighted by Crippen LogP contribution is -2.10. The third-order valence-electron chi connectivity index (χ3n) is 2.59. The summed E-state index contributed by atoms with van der Waals surface area (Å²) >= 11 is 0. The second-order valence-electron chi connectivity index (χ2n) is 3.72. The zero-order valence-electron chi connectivity index (χ0n) is 9.43. The molecule has 0 amide bonds. The Hall–Kier alpha value is -2.68. The van der Waals surface area contributed by atoms with Gasteiger partial charge >= 0.3 is 5.69 Å². The highest BCUT2D eigenvalue weighted by Crippen LogP contribution is 2.22. The highest BCUT2D eigenvalue weighted by Gasteiger charge is 2.17. The van der Waals surface area contributed by atoms with Crippen LogP contribution < -0.4 is 0 Å². The number of nitrogens with zero attached hydrogens (tertiary/aromatic N) is 4. The molecule has 1 unspecified atom stereocenters. The Labute approximate surface area is 103 Å². The van der Waals surface area contributed by atoms with Crippen molar-refractivity contribution in [3.63, 3.8) is 0 Å². The summed E-state index contributed by atoms with van der Waals surface area (Å²) in [5.41, 5.74) is 0.825. The van der Waals surface area contributed by atoms with E-state index in [2.05, 4.69) is 11.2 Å². The molecule has 0 radical (unpaired) electrons. The lowest BCUT2D eigenvalue weighted by atomic mass is 10.1. The molecule has 0 saturated heterocycles.